The number of hydrogen-bond donors (Lipinski definition) is 1. The Morgan fingerprint density at radius 3 is 2.38 bits per heavy atom. The molecule has 0 spiro atoms. The van der Waals surface area contributed by atoms with Gasteiger partial charge >= 0.3 is 12.1 Å². The number of nitrogens with one attached hydrogen (secondary N) is 1. The first-order valence-electron chi connectivity index (χ1n) is 10.6. The highest BCUT2D eigenvalue weighted by Gasteiger charge is 2.30. The number of carbonyl (C=O) groups excluding carboxylic acids is 3. The van der Waals surface area contributed by atoms with E-state index in [-0.39, 0.29) is 18.1 Å². The summed E-state index contributed by atoms with van der Waals surface area (Å²) in [5.74, 6) is -1.71. The summed E-state index contributed by atoms with van der Waals surface area (Å²) in [6, 6.07) is 17.6. The first-order chi connectivity index (χ1) is 16.3. The second-order valence-electron chi connectivity index (χ2n) is 7.88. The van der Waals surface area contributed by atoms with Crippen molar-refractivity contribution in [2.75, 3.05) is 18.6 Å². The molecule has 0 unspecified atom stereocenters. The van der Waals surface area contributed by atoms with Crippen LogP contribution in [0.25, 0.3) is 0 Å². The second-order valence-corrected chi connectivity index (χ2v) is 8.91. The van der Waals surface area contributed by atoms with Crippen molar-refractivity contribution in [3.8, 4) is 6.07 Å². The van der Waals surface area contributed by atoms with Crippen molar-refractivity contribution in [2.24, 2.45) is 5.92 Å². The van der Waals surface area contributed by atoms with Crippen molar-refractivity contribution in [1.82, 2.24) is 5.32 Å². The Hall–Kier alpha value is -3.77. The molecule has 1 aliphatic heterocycles. The molecule has 0 radical (unpaired) electrons. The molecule has 0 saturated carbocycles. The van der Waals surface area contributed by atoms with E-state index in [0.29, 0.717) is 5.03 Å². The highest BCUT2D eigenvalue weighted by atomic mass is 32.2. The van der Waals surface area contributed by atoms with E-state index < -0.39 is 30.5 Å². The molecule has 34 heavy (non-hydrogen) atoms. The van der Waals surface area contributed by atoms with E-state index in [0.717, 1.165) is 16.1 Å². The number of fused-ring (bicyclic) bond motifs is 1. The number of benzene rings is 2. The predicted octanol–water partition coefficient (Wildman–Crippen LogP) is 4.03. The molecule has 3 rings (SSSR count). The van der Waals surface area contributed by atoms with Crippen LogP contribution in [-0.4, -0.2) is 37.5 Å². The summed E-state index contributed by atoms with van der Waals surface area (Å²) in [5, 5.41) is 12.6. The Bertz CT molecular complexity index is 1140. The first kappa shape index (κ1) is 24.9. The number of thioether (sulfide) groups is 1. The van der Waals surface area contributed by atoms with Crippen LogP contribution in [0.1, 0.15) is 19.4 Å². The zero-order valence-electron chi connectivity index (χ0n) is 19.1. The molecular formula is C25H25N3O5S. The topological polar surface area (TPSA) is 109 Å². The average molecular weight is 480 g/mol. The van der Waals surface area contributed by atoms with Crippen molar-refractivity contribution >= 4 is 35.3 Å². The minimum atomic E-state index is -1.01. The van der Waals surface area contributed by atoms with Crippen molar-refractivity contribution < 1.29 is 23.9 Å². The third-order valence-corrected chi connectivity index (χ3v) is 6.33. The highest BCUT2D eigenvalue weighted by molar-refractivity contribution is 8.03. The van der Waals surface area contributed by atoms with Crippen LogP contribution in [0.3, 0.4) is 0 Å². The standard InChI is InChI=1S/C25H25N3O5S/c1-16(2)22(27-25(31)33-14-17-9-5-4-6-10-17)24(30)32-15-20(29)18(13-26)23-28(3)19-11-7-8-12-21(19)34-23/h4-12,16,22H,14-15H2,1-3H3,(H,27,31)/b23-18+/t22-/m0/s1. The number of ketones is 1. The summed E-state index contributed by atoms with van der Waals surface area (Å²) in [6.45, 7) is 2.90. The van der Waals surface area contributed by atoms with E-state index in [1.165, 1.54) is 11.8 Å². The number of hydrogen-bond acceptors (Lipinski definition) is 8. The minimum absolute atomic E-state index is 0.0533. The fraction of sp³-hybridized carbons (Fsp3) is 0.280. The lowest BCUT2D eigenvalue weighted by atomic mass is 10.1. The molecular weight excluding hydrogens is 454 g/mol. The maximum Gasteiger partial charge on any atom is 0.408 e. The number of nitriles is 1. The molecule has 1 heterocycles. The van der Waals surface area contributed by atoms with Gasteiger partial charge in [0.25, 0.3) is 0 Å². The first-order valence-corrected chi connectivity index (χ1v) is 11.5. The number of rotatable bonds is 8. The molecule has 1 atom stereocenters. The maximum absolute atomic E-state index is 12.7. The van der Waals surface area contributed by atoms with E-state index in [1.54, 1.807) is 25.8 Å². The van der Waals surface area contributed by atoms with Gasteiger partial charge in [0.05, 0.1) is 5.69 Å². The Morgan fingerprint density at radius 1 is 1.06 bits per heavy atom. The summed E-state index contributed by atoms with van der Waals surface area (Å²) in [6.07, 6.45) is -0.771. The molecule has 0 aromatic heterocycles. The molecule has 9 heteroatoms. The van der Waals surface area contributed by atoms with Gasteiger partial charge in [-0.25, -0.2) is 9.59 Å². The Morgan fingerprint density at radius 2 is 1.74 bits per heavy atom. The molecule has 1 N–H and O–H groups in total. The molecule has 2 aromatic carbocycles. The number of nitrogens with zero attached hydrogens (tertiary/aromatic N) is 2. The van der Waals surface area contributed by atoms with Gasteiger partial charge in [0.1, 0.15) is 29.3 Å². The van der Waals surface area contributed by atoms with Crippen LogP contribution in [-0.2, 0) is 25.7 Å². The molecule has 0 fully saturated rings. The summed E-state index contributed by atoms with van der Waals surface area (Å²) in [7, 11) is 1.77. The third-order valence-electron chi connectivity index (χ3n) is 5.09. The zero-order chi connectivity index (χ0) is 24.7. The van der Waals surface area contributed by atoms with Crippen LogP contribution in [0.2, 0.25) is 0 Å². The molecule has 1 aliphatic rings. The number of amides is 1. The van der Waals surface area contributed by atoms with Crippen LogP contribution in [0.4, 0.5) is 10.5 Å². The van der Waals surface area contributed by atoms with Crippen molar-refractivity contribution in [3.05, 3.63) is 70.8 Å². The van der Waals surface area contributed by atoms with E-state index in [1.807, 2.05) is 60.7 Å². The minimum Gasteiger partial charge on any atom is -0.456 e. The third kappa shape index (κ3) is 5.97. The summed E-state index contributed by atoms with van der Waals surface area (Å²) in [5.41, 5.74) is 1.60. The second kappa shape index (κ2) is 11.4. The number of alkyl carbamates (subject to hydrolysis) is 1. The zero-order valence-corrected chi connectivity index (χ0v) is 19.9. The van der Waals surface area contributed by atoms with Crippen molar-refractivity contribution in [3.63, 3.8) is 0 Å². The lowest BCUT2D eigenvalue weighted by molar-refractivity contribution is -0.150. The molecule has 0 bridgehead atoms. The van der Waals surface area contributed by atoms with Gasteiger partial charge in [-0.1, -0.05) is 68.1 Å². The normalized spacial score (nSPS) is 14.6. The van der Waals surface area contributed by atoms with Gasteiger partial charge in [0.15, 0.2) is 6.61 Å². The molecule has 1 amide bonds. The number of esters is 1. The summed E-state index contributed by atoms with van der Waals surface area (Å²) < 4.78 is 10.3. The number of anilines is 1. The molecule has 0 saturated heterocycles. The number of Topliss-reactive ketones (excluding diaryl/α,β-unsaturated/α-hetero) is 1. The Balaban J connectivity index is 1.59. The van der Waals surface area contributed by atoms with Crippen molar-refractivity contribution in [2.45, 2.75) is 31.4 Å². The molecule has 2 aromatic rings. The number of para-hydroxylation sites is 1. The molecule has 8 nitrogen and oxygen atoms in total. The van der Waals surface area contributed by atoms with Gasteiger partial charge in [-0.15, -0.1) is 0 Å². The highest BCUT2D eigenvalue weighted by Crippen LogP contribution is 2.46. The van der Waals surface area contributed by atoms with Gasteiger partial charge in [-0.3, -0.25) is 4.79 Å². The number of carbonyl (C=O) groups is 3. The lowest BCUT2D eigenvalue weighted by Gasteiger charge is -2.20. The Kier molecular flexibility index (Phi) is 8.33. The fourth-order valence-electron chi connectivity index (χ4n) is 3.24. The SMILES string of the molecule is CC(C)[C@H](NC(=O)OCc1ccccc1)C(=O)OCC(=O)/C(C#N)=C1/Sc2ccccc2N1C. The van der Waals surface area contributed by atoms with Crippen LogP contribution in [0, 0.1) is 17.2 Å². The van der Waals surface area contributed by atoms with Gasteiger partial charge in [0, 0.05) is 11.9 Å². The number of ether oxygens (including phenoxy) is 2. The fourth-order valence-corrected chi connectivity index (χ4v) is 4.40. The monoisotopic (exact) mass is 479 g/mol. The molecule has 0 aliphatic carbocycles. The maximum atomic E-state index is 12.7. The smallest absolute Gasteiger partial charge is 0.408 e. The van der Waals surface area contributed by atoms with Crippen LogP contribution in [0.5, 0.6) is 0 Å². The predicted molar refractivity (Wildman–Crippen MR) is 128 cm³/mol. The van der Waals surface area contributed by atoms with Crippen LogP contribution >= 0.6 is 11.8 Å². The van der Waals surface area contributed by atoms with Gasteiger partial charge < -0.3 is 19.7 Å². The van der Waals surface area contributed by atoms with Crippen LogP contribution < -0.4 is 10.2 Å². The largest absolute Gasteiger partial charge is 0.456 e. The van der Waals surface area contributed by atoms with Crippen LogP contribution in [0.15, 0.2) is 70.1 Å². The van der Waals surface area contributed by atoms with Gasteiger partial charge in [-0.2, -0.15) is 5.26 Å². The lowest BCUT2D eigenvalue weighted by Crippen LogP contribution is -2.46. The molecule has 176 valence electrons. The summed E-state index contributed by atoms with van der Waals surface area (Å²) >= 11 is 1.31. The van der Waals surface area contributed by atoms with Gasteiger partial charge in [-0.05, 0) is 23.6 Å². The van der Waals surface area contributed by atoms with Crippen molar-refractivity contribution in [1.29, 1.82) is 5.26 Å². The van der Waals surface area contributed by atoms with E-state index >= 15 is 0 Å². The Labute approximate surface area is 202 Å². The van der Waals surface area contributed by atoms with Gasteiger partial charge in [0.2, 0.25) is 5.78 Å². The summed E-state index contributed by atoms with van der Waals surface area (Å²) in [4.78, 5) is 40.2. The quantitative estimate of drug-likeness (QED) is 0.343. The van der Waals surface area contributed by atoms with E-state index in [9.17, 15) is 19.6 Å². The average Bonchev–Trinajstić information content (AvgIpc) is 3.17. The van der Waals surface area contributed by atoms with E-state index in [4.69, 9.17) is 9.47 Å². The van der Waals surface area contributed by atoms with E-state index in [2.05, 4.69) is 5.32 Å².